The van der Waals surface area contributed by atoms with E-state index in [9.17, 15) is 23.5 Å². The lowest BCUT2D eigenvalue weighted by Crippen LogP contribution is -2.27. The van der Waals surface area contributed by atoms with Gasteiger partial charge < -0.3 is 28.9 Å². The van der Waals surface area contributed by atoms with Gasteiger partial charge in [-0.25, -0.2) is 9.13 Å². The van der Waals surface area contributed by atoms with Crippen LogP contribution in [0.5, 0.6) is 0 Å². The molecule has 5 atom stereocenters. The van der Waals surface area contributed by atoms with E-state index in [0.29, 0.717) is 0 Å². The van der Waals surface area contributed by atoms with Crippen molar-refractivity contribution in [3.63, 3.8) is 0 Å². The van der Waals surface area contributed by atoms with Gasteiger partial charge in [-0.2, -0.15) is 0 Å². The van der Waals surface area contributed by atoms with Gasteiger partial charge in [-0.1, -0.05) is 11.8 Å². The number of phosphoric acid groups is 2. The molecule has 0 saturated heterocycles. The van der Waals surface area contributed by atoms with E-state index in [1.807, 2.05) is 0 Å². The molecule has 5 unspecified atom stereocenters. The summed E-state index contributed by atoms with van der Waals surface area (Å²) in [5.41, 5.74) is 0. The predicted molar refractivity (Wildman–Crippen MR) is 131 cm³/mol. The Kier molecular flexibility index (Phi) is 19.3. The molecular formula is C20H33O14P3. The Balaban J connectivity index is 5.05. The van der Waals surface area contributed by atoms with E-state index >= 15 is 0 Å². The second-order valence-corrected chi connectivity index (χ2v) is 11.9. The molecule has 0 aliphatic carbocycles. The van der Waals surface area contributed by atoms with Crippen LogP contribution in [0.2, 0.25) is 0 Å². The summed E-state index contributed by atoms with van der Waals surface area (Å²) >= 11 is 0. The molecule has 17 heteroatoms. The van der Waals surface area contributed by atoms with Gasteiger partial charge >= 0.3 is 23.2 Å². The van der Waals surface area contributed by atoms with E-state index in [-0.39, 0.29) is 45.9 Å². The lowest BCUT2D eigenvalue weighted by molar-refractivity contribution is -0.0241. The zero-order valence-electron chi connectivity index (χ0n) is 20.3. The van der Waals surface area contributed by atoms with Gasteiger partial charge in [-0.15, -0.1) is 25.2 Å². The van der Waals surface area contributed by atoms with Crippen LogP contribution in [-0.4, -0.2) is 93.2 Å². The number of hydrogen-bond donors (Lipinski definition) is 3. The van der Waals surface area contributed by atoms with Crippen molar-refractivity contribution in [2.45, 2.75) is 25.0 Å². The Morgan fingerprint density at radius 3 is 1.68 bits per heavy atom. The Morgan fingerprint density at radius 1 is 0.730 bits per heavy atom. The molecule has 14 nitrogen and oxygen atoms in total. The van der Waals surface area contributed by atoms with Gasteiger partial charge in [-0.3, -0.25) is 27.2 Å². The molecule has 0 rings (SSSR count). The predicted octanol–water partition coefficient (Wildman–Crippen LogP) is 1.55. The zero-order valence-corrected chi connectivity index (χ0v) is 23.0. The highest BCUT2D eigenvalue weighted by Crippen LogP contribution is 2.50. The average Bonchev–Trinajstić information content (AvgIpc) is 2.83. The van der Waals surface area contributed by atoms with Crippen molar-refractivity contribution in [3.05, 3.63) is 0 Å². The second kappa shape index (κ2) is 19.9. The van der Waals surface area contributed by atoms with Crippen LogP contribution in [0, 0.1) is 37.0 Å². The number of aliphatic hydroxyl groups excluding tert-OH is 1. The van der Waals surface area contributed by atoms with Crippen molar-refractivity contribution in [2.75, 3.05) is 66.1 Å². The Labute approximate surface area is 217 Å². The fraction of sp³-hybridized carbons (Fsp3) is 0.700. The van der Waals surface area contributed by atoms with Crippen molar-refractivity contribution in [1.29, 1.82) is 0 Å². The normalized spacial score (nSPS) is 17.8. The third-order valence-corrected chi connectivity index (χ3v) is 6.66. The minimum Gasteiger partial charge on any atom is -0.396 e. The lowest BCUT2D eigenvalue weighted by Gasteiger charge is -2.23. The summed E-state index contributed by atoms with van der Waals surface area (Å²) in [6.07, 6.45) is 13.5. The van der Waals surface area contributed by atoms with Crippen molar-refractivity contribution in [1.82, 2.24) is 0 Å². The first-order valence-corrected chi connectivity index (χ1v) is 15.6. The van der Waals surface area contributed by atoms with Crippen LogP contribution in [0.3, 0.4) is 0 Å². The van der Waals surface area contributed by atoms with E-state index in [1.165, 1.54) is 0 Å². The number of ether oxygens (including phenoxy) is 2. The fourth-order valence-corrected chi connectivity index (χ4v) is 4.44. The van der Waals surface area contributed by atoms with E-state index in [4.69, 9.17) is 61.0 Å². The number of hydrogen-bond acceptors (Lipinski definition) is 12. The van der Waals surface area contributed by atoms with Crippen molar-refractivity contribution < 1.29 is 65.2 Å². The lowest BCUT2D eigenvalue weighted by atomic mass is 10.4. The molecule has 3 N–H and O–H groups in total. The maximum absolute atomic E-state index is 12.8. The standard InChI is InChI=1S/C20H33O14P3/c1-5-8-13-29-37(26,30-14-9-10-21)34-18-20(28-12-7-3)17-33-36(24,25)32-16-19(27-11-6-2)15-31-35(4,22)23/h1-3,19-21H,8-18H2,4H3,(H,22,23)(H,24,25). The Hall–Kier alpha value is -1.07. The fourth-order valence-electron chi connectivity index (χ4n) is 1.98. The number of phosphoric ester groups is 2. The minimum atomic E-state index is -4.72. The maximum Gasteiger partial charge on any atom is 0.474 e. The molecule has 0 saturated carbocycles. The molecule has 0 aromatic carbocycles. The molecule has 0 aliphatic rings. The summed E-state index contributed by atoms with van der Waals surface area (Å²) in [5.74, 6) is 6.66. The Bertz CT molecular complexity index is 899. The molecule has 0 radical (unpaired) electrons. The zero-order chi connectivity index (χ0) is 28.2. The van der Waals surface area contributed by atoms with Gasteiger partial charge in [0, 0.05) is 19.7 Å². The van der Waals surface area contributed by atoms with Crippen LogP contribution >= 0.6 is 23.2 Å². The SMILES string of the molecule is C#CCCOP(=O)(OCCCO)OCC(COP(=O)(O)OCC(COP(C)(=O)O)OCC#C)OCC#C. The van der Waals surface area contributed by atoms with Crippen LogP contribution in [-0.2, 0) is 50.3 Å². The smallest absolute Gasteiger partial charge is 0.396 e. The minimum absolute atomic E-state index is 0.118. The first-order chi connectivity index (χ1) is 17.4. The molecule has 0 aromatic rings. The average molecular weight is 590 g/mol. The highest BCUT2D eigenvalue weighted by molar-refractivity contribution is 7.51. The Morgan fingerprint density at radius 2 is 1.22 bits per heavy atom. The maximum atomic E-state index is 12.8. The van der Waals surface area contributed by atoms with E-state index in [0.717, 1.165) is 6.66 Å². The summed E-state index contributed by atoms with van der Waals surface area (Å²) in [6, 6.07) is 0. The van der Waals surface area contributed by atoms with Crippen molar-refractivity contribution >= 4 is 23.2 Å². The number of rotatable bonds is 23. The van der Waals surface area contributed by atoms with Crippen LogP contribution in [0.1, 0.15) is 12.8 Å². The monoisotopic (exact) mass is 590 g/mol. The third-order valence-electron chi connectivity index (χ3n) is 3.62. The quantitative estimate of drug-likeness (QED) is 0.0884. The van der Waals surface area contributed by atoms with E-state index in [1.54, 1.807) is 0 Å². The first kappa shape index (κ1) is 35.9. The molecule has 0 heterocycles. The van der Waals surface area contributed by atoms with E-state index in [2.05, 4.69) is 17.8 Å². The van der Waals surface area contributed by atoms with Gasteiger partial charge in [0.2, 0.25) is 0 Å². The van der Waals surface area contributed by atoms with Crippen LogP contribution in [0.15, 0.2) is 0 Å². The van der Waals surface area contributed by atoms with Gasteiger partial charge in [0.05, 0.1) is 39.6 Å². The number of aliphatic hydroxyl groups is 1. The topological polar surface area (TPSA) is 186 Å². The molecule has 0 fully saturated rings. The van der Waals surface area contributed by atoms with Gasteiger partial charge in [0.15, 0.2) is 0 Å². The van der Waals surface area contributed by atoms with Crippen LogP contribution in [0.25, 0.3) is 0 Å². The summed E-state index contributed by atoms with van der Waals surface area (Å²) in [5, 5.41) is 8.88. The van der Waals surface area contributed by atoms with Crippen LogP contribution < -0.4 is 0 Å². The van der Waals surface area contributed by atoms with Crippen molar-refractivity contribution in [3.8, 4) is 37.0 Å². The molecule has 0 aromatic heterocycles. The summed E-state index contributed by atoms with van der Waals surface area (Å²) in [4.78, 5) is 19.2. The van der Waals surface area contributed by atoms with E-state index < -0.39 is 61.9 Å². The van der Waals surface area contributed by atoms with Crippen LogP contribution in [0.4, 0.5) is 0 Å². The van der Waals surface area contributed by atoms with Gasteiger partial charge in [0.1, 0.15) is 25.4 Å². The highest BCUT2D eigenvalue weighted by atomic mass is 31.2. The van der Waals surface area contributed by atoms with Gasteiger partial charge in [-0.05, 0) is 6.42 Å². The molecule has 0 bridgehead atoms. The largest absolute Gasteiger partial charge is 0.474 e. The molecular weight excluding hydrogens is 557 g/mol. The second-order valence-electron chi connectivity index (χ2n) is 6.87. The molecule has 0 aliphatic heterocycles. The summed E-state index contributed by atoms with van der Waals surface area (Å²) in [6.45, 7) is -2.20. The molecule has 0 spiro atoms. The highest BCUT2D eigenvalue weighted by Gasteiger charge is 2.31. The first-order valence-electron chi connectivity index (χ1n) is 10.6. The molecule has 0 amide bonds. The molecule has 212 valence electrons. The third kappa shape index (κ3) is 20.6. The summed E-state index contributed by atoms with van der Waals surface area (Å²) in [7, 11) is -12.7. The van der Waals surface area contributed by atoms with Gasteiger partial charge in [0.25, 0.3) is 0 Å². The molecule has 37 heavy (non-hydrogen) atoms. The summed E-state index contributed by atoms with van der Waals surface area (Å²) < 4.78 is 76.7. The number of terminal acetylenes is 3. The van der Waals surface area contributed by atoms with Crippen molar-refractivity contribution in [2.24, 2.45) is 0 Å².